The summed E-state index contributed by atoms with van der Waals surface area (Å²) in [5.41, 5.74) is 4.93. The highest BCUT2D eigenvalue weighted by atomic mass is 16.5. The minimum absolute atomic E-state index is 0.0296. The van der Waals surface area contributed by atoms with Crippen LogP contribution in [0.2, 0.25) is 0 Å². The van der Waals surface area contributed by atoms with Crippen molar-refractivity contribution in [1.29, 1.82) is 0 Å². The number of ether oxygens (including phenoxy) is 4. The zero-order chi connectivity index (χ0) is 23.0. The van der Waals surface area contributed by atoms with Crippen molar-refractivity contribution in [3.8, 4) is 51.1 Å². The van der Waals surface area contributed by atoms with E-state index in [1.807, 2.05) is 45.9 Å². The molecule has 170 valence electrons. The van der Waals surface area contributed by atoms with Gasteiger partial charge in [-0.05, 0) is 63.9 Å². The van der Waals surface area contributed by atoms with E-state index in [1.54, 1.807) is 20.3 Å². The number of nitrogens with zero attached hydrogens (tertiary/aromatic N) is 1. The molecule has 32 heavy (non-hydrogen) atoms. The summed E-state index contributed by atoms with van der Waals surface area (Å²) in [6, 6.07) is 9.61. The van der Waals surface area contributed by atoms with Crippen LogP contribution in [0.4, 0.5) is 0 Å². The quantitative estimate of drug-likeness (QED) is 0.516. The van der Waals surface area contributed by atoms with Gasteiger partial charge in [-0.25, -0.2) is 0 Å². The molecule has 0 radical (unpaired) electrons. The Morgan fingerprint density at radius 3 is 1.97 bits per heavy atom. The van der Waals surface area contributed by atoms with Gasteiger partial charge in [-0.3, -0.25) is 0 Å². The third-order valence-corrected chi connectivity index (χ3v) is 5.53. The number of rotatable bonds is 7. The summed E-state index contributed by atoms with van der Waals surface area (Å²) >= 11 is 0. The van der Waals surface area contributed by atoms with Gasteiger partial charge in [-0.1, -0.05) is 0 Å². The van der Waals surface area contributed by atoms with Crippen LogP contribution in [0.5, 0.6) is 28.7 Å². The maximum atomic E-state index is 10.9. The number of benzene rings is 2. The van der Waals surface area contributed by atoms with Gasteiger partial charge in [0.25, 0.3) is 0 Å². The molecule has 2 aromatic carbocycles. The van der Waals surface area contributed by atoms with Crippen molar-refractivity contribution in [2.24, 2.45) is 0 Å². The van der Waals surface area contributed by atoms with E-state index in [-0.39, 0.29) is 18.0 Å². The van der Waals surface area contributed by atoms with Crippen LogP contribution in [-0.2, 0) is 13.0 Å². The Morgan fingerprint density at radius 2 is 1.38 bits per heavy atom. The molecule has 1 aliphatic rings. The molecule has 3 aromatic rings. The van der Waals surface area contributed by atoms with E-state index in [1.165, 1.54) is 5.56 Å². The third kappa shape index (κ3) is 3.97. The number of hydrogen-bond donors (Lipinski definition) is 1. The van der Waals surface area contributed by atoms with E-state index in [2.05, 4.69) is 16.8 Å². The number of fused-ring (bicyclic) bond motifs is 3. The fraction of sp³-hybridized carbons (Fsp3) is 0.385. The Morgan fingerprint density at radius 1 is 0.781 bits per heavy atom. The van der Waals surface area contributed by atoms with Crippen LogP contribution in [-0.4, -0.2) is 36.1 Å². The molecule has 0 fully saturated rings. The van der Waals surface area contributed by atoms with Gasteiger partial charge in [0.15, 0.2) is 23.0 Å². The Bertz CT molecular complexity index is 1130. The van der Waals surface area contributed by atoms with Crippen molar-refractivity contribution in [2.75, 3.05) is 14.2 Å². The number of phenols is 1. The van der Waals surface area contributed by atoms with Crippen molar-refractivity contribution in [3.05, 3.63) is 42.1 Å². The van der Waals surface area contributed by atoms with Gasteiger partial charge in [-0.2, -0.15) is 0 Å². The van der Waals surface area contributed by atoms with E-state index < -0.39 is 0 Å². The minimum Gasteiger partial charge on any atom is -0.507 e. The smallest absolute Gasteiger partial charge is 0.165 e. The summed E-state index contributed by atoms with van der Waals surface area (Å²) in [6.45, 7) is 8.74. The van der Waals surface area contributed by atoms with Crippen molar-refractivity contribution >= 4 is 0 Å². The standard InChI is InChI=1S/C26H31NO5/c1-15(2)31-24-11-17-7-9-27-10-8-18(26(27)19(17)12-22(24)29-5)20-13-23(30-6)25(14-21(20)28)32-16(3)4/h8,10-16,28H,7,9H2,1-6H3. The lowest BCUT2D eigenvalue weighted by molar-refractivity contribution is 0.229. The number of phenolic OH excluding ortho intramolecular Hbond substituents is 1. The highest BCUT2D eigenvalue weighted by Crippen LogP contribution is 2.47. The van der Waals surface area contributed by atoms with Crippen LogP contribution < -0.4 is 18.9 Å². The fourth-order valence-electron chi connectivity index (χ4n) is 4.22. The topological polar surface area (TPSA) is 62.1 Å². The zero-order valence-electron chi connectivity index (χ0n) is 19.6. The Balaban J connectivity index is 1.85. The highest BCUT2D eigenvalue weighted by Gasteiger charge is 2.25. The SMILES string of the molecule is COc1cc(-c2ccn3c2-c2cc(OC)c(OC(C)C)cc2CC3)c(O)cc1OC(C)C. The summed E-state index contributed by atoms with van der Waals surface area (Å²) in [7, 11) is 3.26. The third-order valence-electron chi connectivity index (χ3n) is 5.53. The Hall–Kier alpha value is -3.28. The van der Waals surface area contributed by atoms with E-state index in [0.717, 1.165) is 35.5 Å². The summed E-state index contributed by atoms with van der Waals surface area (Å²) in [5, 5.41) is 10.9. The summed E-state index contributed by atoms with van der Waals surface area (Å²) in [5.74, 6) is 2.70. The van der Waals surface area contributed by atoms with Gasteiger partial charge in [0.1, 0.15) is 5.75 Å². The van der Waals surface area contributed by atoms with Gasteiger partial charge < -0.3 is 28.6 Å². The lowest BCUT2D eigenvalue weighted by atomic mass is 9.93. The first kappa shape index (κ1) is 21.9. The molecular formula is C26H31NO5. The average molecular weight is 438 g/mol. The van der Waals surface area contributed by atoms with E-state index in [9.17, 15) is 5.11 Å². The lowest BCUT2D eigenvalue weighted by Crippen LogP contribution is -2.12. The number of aryl methyl sites for hydroxylation is 2. The largest absolute Gasteiger partial charge is 0.507 e. The zero-order valence-corrected chi connectivity index (χ0v) is 19.6. The lowest BCUT2D eigenvalue weighted by Gasteiger charge is -2.24. The van der Waals surface area contributed by atoms with Crippen molar-refractivity contribution in [2.45, 2.75) is 52.9 Å². The second kappa shape index (κ2) is 8.69. The van der Waals surface area contributed by atoms with Crippen LogP contribution in [0.1, 0.15) is 33.3 Å². The van der Waals surface area contributed by atoms with Crippen molar-refractivity contribution in [1.82, 2.24) is 4.57 Å². The molecule has 0 saturated heterocycles. The molecule has 0 bridgehead atoms. The Labute approximate surface area is 189 Å². The van der Waals surface area contributed by atoms with Gasteiger partial charge in [-0.15, -0.1) is 0 Å². The monoisotopic (exact) mass is 437 g/mol. The first-order chi connectivity index (χ1) is 15.3. The van der Waals surface area contributed by atoms with E-state index in [4.69, 9.17) is 18.9 Å². The minimum atomic E-state index is -0.0296. The summed E-state index contributed by atoms with van der Waals surface area (Å²) in [6.07, 6.45) is 2.98. The normalized spacial score (nSPS) is 12.5. The van der Waals surface area contributed by atoms with Gasteiger partial charge in [0, 0.05) is 35.5 Å². The van der Waals surface area contributed by atoms with E-state index in [0.29, 0.717) is 22.8 Å². The van der Waals surface area contributed by atoms with Crippen molar-refractivity contribution < 1.29 is 24.1 Å². The first-order valence-electron chi connectivity index (χ1n) is 11.0. The molecule has 0 atom stereocenters. The molecule has 6 heteroatoms. The first-order valence-corrected chi connectivity index (χ1v) is 11.0. The van der Waals surface area contributed by atoms with Crippen molar-refractivity contribution in [3.63, 3.8) is 0 Å². The number of hydrogen-bond acceptors (Lipinski definition) is 5. The molecule has 4 rings (SSSR count). The maximum absolute atomic E-state index is 10.9. The summed E-state index contributed by atoms with van der Waals surface area (Å²) < 4.78 is 25.2. The number of aromatic nitrogens is 1. The molecule has 1 aliphatic heterocycles. The second-order valence-corrected chi connectivity index (χ2v) is 8.54. The average Bonchev–Trinajstić information content (AvgIpc) is 3.17. The van der Waals surface area contributed by atoms with E-state index >= 15 is 0 Å². The van der Waals surface area contributed by atoms with Crippen LogP contribution in [0.3, 0.4) is 0 Å². The van der Waals surface area contributed by atoms with Crippen LogP contribution in [0, 0.1) is 0 Å². The molecule has 0 spiro atoms. The molecule has 1 aromatic heterocycles. The Kier molecular flexibility index (Phi) is 5.96. The molecule has 2 heterocycles. The fourth-order valence-corrected chi connectivity index (χ4v) is 4.22. The molecule has 0 amide bonds. The number of aromatic hydroxyl groups is 1. The van der Waals surface area contributed by atoms with Gasteiger partial charge >= 0.3 is 0 Å². The molecule has 6 nitrogen and oxygen atoms in total. The number of methoxy groups -OCH3 is 2. The van der Waals surface area contributed by atoms with Gasteiger partial charge in [0.05, 0.1) is 32.1 Å². The molecular weight excluding hydrogens is 406 g/mol. The predicted octanol–water partition coefficient (Wildman–Crippen LogP) is 5.68. The molecule has 0 saturated carbocycles. The molecule has 0 aliphatic carbocycles. The van der Waals surface area contributed by atoms with Gasteiger partial charge in [0.2, 0.25) is 0 Å². The van der Waals surface area contributed by atoms with Crippen LogP contribution >= 0.6 is 0 Å². The maximum Gasteiger partial charge on any atom is 0.165 e. The molecule has 1 N–H and O–H groups in total. The predicted molar refractivity (Wildman–Crippen MR) is 125 cm³/mol. The molecule has 0 unspecified atom stereocenters. The second-order valence-electron chi connectivity index (χ2n) is 8.54. The highest BCUT2D eigenvalue weighted by molar-refractivity contribution is 5.88. The van der Waals surface area contributed by atoms with Crippen LogP contribution in [0.15, 0.2) is 36.5 Å². The van der Waals surface area contributed by atoms with Crippen LogP contribution in [0.25, 0.3) is 22.4 Å². The summed E-state index contributed by atoms with van der Waals surface area (Å²) in [4.78, 5) is 0.